The van der Waals surface area contributed by atoms with Crippen LogP contribution < -0.4 is 5.63 Å². The first kappa shape index (κ1) is 7.31. The predicted octanol–water partition coefficient (Wildman–Crippen LogP) is 1.84. The summed E-state index contributed by atoms with van der Waals surface area (Å²) in [5.74, 6) is 0. The van der Waals surface area contributed by atoms with E-state index in [1.165, 1.54) is 6.07 Å². The van der Waals surface area contributed by atoms with Gasteiger partial charge in [-0.05, 0) is 12.1 Å². The minimum Gasteiger partial charge on any atom is -0.404 e. The molecule has 2 heterocycles. The highest BCUT2D eigenvalue weighted by Crippen LogP contribution is 2.18. The van der Waals surface area contributed by atoms with Crippen molar-refractivity contribution in [1.82, 2.24) is 4.98 Å². The third-order valence-corrected chi connectivity index (χ3v) is 1.78. The van der Waals surface area contributed by atoms with E-state index in [9.17, 15) is 4.79 Å². The Kier molecular flexibility index (Phi) is 1.59. The van der Waals surface area contributed by atoms with E-state index < -0.39 is 5.63 Å². The van der Waals surface area contributed by atoms with E-state index in [1.807, 2.05) is 0 Å². The number of fused-ring (bicyclic) bond motifs is 1. The van der Waals surface area contributed by atoms with Gasteiger partial charge >= 0.3 is 5.63 Å². The van der Waals surface area contributed by atoms with E-state index in [-0.39, 0.29) is 5.71 Å². The summed E-state index contributed by atoms with van der Waals surface area (Å²) in [6.45, 7) is 0. The molecule has 2 aromatic heterocycles. The van der Waals surface area contributed by atoms with Gasteiger partial charge in [0.05, 0.1) is 10.4 Å². The molecule has 0 fully saturated rings. The molecular formula is C8H4ClNO2. The number of nitrogens with zero attached hydrogens (tertiary/aromatic N) is 1. The van der Waals surface area contributed by atoms with E-state index in [4.69, 9.17) is 16.0 Å². The Labute approximate surface area is 72.6 Å². The second-order valence-corrected chi connectivity index (χ2v) is 2.68. The second kappa shape index (κ2) is 2.60. The third kappa shape index (κ3) is 1.08. The summed E-state index contributed by atoms with van der Waals surface area (Å²) >= 11 is 5.76. The Morgan fingerprint density at radius 1 is 1.50 bits per heavy atom. The average molecular weight is 182 g/mol. The summed E-state index contributed by atoms with van der Waals surface area (Å²) in [6, 6.07) is 4.70. The van der Waals surface area contributed by atoms with Crippen LogP contribution in [0.2, 0.25) is 5.02 Å². The molecule has 0 bridgehead atoms. The van der Waals surface area contributed by atoms with Gasteiger partial charge in [0.15, 0.2) is 0 Å². The van der Waals surface area contributed by atoms with Gasteiger partial charge in [-0.3, -0.25) is 0 Å². The van der Waals surface area contributed by atoms with Crippen molar-refractivity contribution in [3.8, 4) is 0 Å². The Morgan fingerprint density at radius 3 is 3.17 bits per heavy atom. The summed E-state index contributed by atoms with van der Waals surface area (Å²) in [5.41, 5.74) is -0.207. The second-order valence-electron chi connectivity index (χ2n) is 2.27. The first-order valence-electron chi connectivity index (χ1n) is 3.32. The molecule has 0 radical (unpaired) electrons. The molecule has 0 saturated heterocycles. The lowest BCUT2D eigenvalue weighted by Crippen LogP contribution is -1.96. The third-order valence-electron chi connectivity index (χ3n) is 1.47. The quantitative estimate of drug-likeness (QED) is 0.623. The molecule has 12 heavy (non-hydrogen) atoms. The van der Waals surface area contributed by atoms with Crippen molar-refractivity contribution in [3.63, 3.8) is 0 Å². The van der Waals surface area contributed by atoms with E-state index in [2.05, 4.69) is 4.98 Å². The largest absolute Gasteiger partial charge is 0.404 e. The highest BCUT2D eigenvalue weighted by Gasteiger charge is 2.01. The number of pyridine rings is 1. The molecule has 2 rings (SSSR count). The highest BCUT2D eigenvalue weighted by molar-refractivity contribution is 6.34. The fourth-order valence-electron chi connectivity index (χ4n) is 0.960. The SMILES string of the molecule is O=c1cc(Cl)c2cccnc2o1. The van der Waals surface area contributed by atoms with Crippen LogP contribution in [0.15, 0.2) is 33.6 Å². The Balaban J connectivity index is 2.99. The van der Waals surface area contributed by atoms with Gasteiger partial charge in [-0.25, -0.2) is 9.78 Å². The minimum absolute atomic E-state index is 0.273. The molecule has 60 valence electrons. The zero-order chi connectivity index (χ0) is 8.55. The summed E-state index contributed by atoms with van der Waals surface area (Å²) in [4.78, 5) is 14.7. The molecule has 3 nitrogen and oxygen atoms in total. The smallest absolute Gasteiger partial charge is 0.339 e. The van der Waals surface area contributed by atoms with Gasteiger partial charge in [-0.15, -0.1) is 0 Å². The van der Waals surface area contributed by atoms with Crippen LogP contribution >= 0.6 is 11.6 Å². The molecular weight excluding hydrogens is 178 g/mol. The van der Waals surface area contributed by atoms with Crippen molar-refractivity contribution in [2.45, 2.75) is 0 Å². The summed E-state index contributed by atoms with van der Waals surface area (Å²) in [5, 5.41) is 1.02. The molecule has 0 aromatic carbocycles. The maximum atomic E-state index is 10.8. The molecule has 2 aromatic rings. The maximum absolute atomic E-state index is 10.8. The van der Waals surface area contributed by atoms with Crippen molar-refractivity contribution in [2.24, 2.45) is 0 Å². The first-order valence-corrected chi connectivity index (χ1v) is 3.69. The fourth-order valence-corrected chi connectivity index (χ4v) is 1.19. The molecule has 0 aliphatic carbocycles. The lowest BCUT2D eigenvalue weighted by atomic mass is 10.3. The highest BCUT2D eigenvalue weighted by atomic mass is 35.5. The Morgan fingerprint density at radius 2 is 2.33 bits per heavy atom. The molecule has 0 spiro atoms. The van der Waals surface area contributed by atoms with E-state index in [1.54, 1.807) is 18.3 Å². The van der Waals surface area contributed by atoms with Crippen molar-refractivity contribution >= 4 is 22.7 Å². The molecule has 0 unspecified atom stereocenters. The van der Waals surface area contributed by atoms with Crippen molar-refractivity contribution < 1.29 is 4.42 Å². The number of halogens is 1. The maximum Gasteiger partial charge on any atom is 0.339 e. The molecule has 0 aliphatic rings. The number of hydrogen-bond acceptors (Lipinski definition) is 3. The van der Waals surface area contributed by atoms with Gasteiger partial charge in [0.1, 0.15) is 0 Å². The first-order chi connectivity index (χ1) is 5.77. The van der Waals surface area contributed by atoms with Crippen LogP contribution in [0.1, 0.15) is 0 Å². The molecule has 0 atom stereocenters. The monoisotopic (exact) mass is 181 g/mol. The predicted molar refractivity (Wildman–Crippen MR) is 45.3 cm³/mol. The van der Waals surface area contributed by atoms with E-state index >= 15 is 0 Å². The lowest BCUT2D eigenvalue weighted by molar-refractivity contribution is 0.549. The van der Waals surface area contributed by atoms with E-state index in [0.29, 0.717) is 10.4 Å². The van der Waals surface area contributed by atoms with Crippen LogP contribution in [-0.2, 0) is 0 Å². The van der Waals surface area contributed by atoms with Crippen molar-refractivity contribution in [2.75, 3.05) is 0 Å². The molecule has 0 saturated carbocycles. The normalized spacial score (nSPS) is 10.4. The number of aromatic nitrogens is 1. The van der Waals surface area contributed by atoms with Gasteiger partial charge in [0.2, 0.25) is 5.71 Å². The Hall–Kier alpha value is -1.35. The molecule has 0 aliphatic heterocycles. The van der Waals surface area contributed by atoms with Gasteiger partial charge in [0, 0.05) is 12.3 Å². The van der Waals surface area contributed by atoms with Gasteiger partial charge < -0.3 is 4.42 Å². The minimum atomic E-state index is -0.480. The standard InChI is InChI=1S/C8H4ClNO2/c9-6-4-7(11)12-8-5(6)2-1-3-10-8/h1-4H. The van der Waals surface area contributed by atoms with Gasteiger partial charge in [0.25, 0.3) is 0 Å². The van der Waals surface area contributed by atoms with Crippen LogP contribution in [0.5, 0.6) is 0 Å². The average Bonchev–Trinajstić information content (AvgIpc) is 2.04. The molecule has 0 N–H and O–H groups in total. The van der Waals surface area contributed by atoms with Crippen LogP contribution in [0.4, 0.5) is 0 Å². The summed E-state index contributed by atoms with van der Waals surface area (Å²) in [6.07, 6.45) is 1.54. The van der Waals surface area contributed by atoms with Crippen LogP contribution in [0, 0.1) is 0 Å². The van der Waals surface area contributed by atoms with E-state index in [0.717, 1.165) is 0 Å². The molecule has 4 heteroatoms. The zero-order valence-electron chi connectivity index (χ0n) is 5.95. The van der Waals surface area contributed by atoms with Gasteiger partial charge in [-0.2, -0.15) is 0 Å². The van der Waals surface area contributed by atoms with Gasteiger partial charge in [-0.1, -0.05) is 11.6 Å². The summed E-state index contributed by atoms with van der Waals surface area (Å²) < 4.78 is 4.79. The topological polar surface area (TPSA) is 43.1 Å². The van der Waals surface area contributed by atoms with Crippen LogP contribution in [0.3, 0.4) is 0 Å². The fraction of sp³-hybridized carbons (Fsp3) is 0. The Bertz CT molecular complexity index is 478. The van der Waals surface area contributed by atoms with Crippen molar-refractivity contribution in [1.29, 1.82) is 0 Å². The van der Waals surface area contributed by atoms with Crippen molar-refractivity contribution in [3.05, 3.63) is 39.8 Å². The lowest BCUT2D eigenvalue weighted by Gasteiger charge is -1.94. The molecule has 0 amide bonds. The number of hydrogen-bond donors (Lipinski definition) is 0. The zero-order valence-corrected chi connectivity index (χ0v) is 6.71. The number of rotatable bonds is 0. The van der Waals surface area contributed by atoms with Crippen LogP contribution in [-0.4, -0.2) is 4.98 Å². The van der Waals surface area contributed by atoms with Crippen LogP contribution in [0.25, 0.3) is 11.1 Å². The summed E-state index contributed by atoms with van der Waals surface area (Å²) in [7, 11) is 0.